The molecule has 1 aromatic heterocycles. The summed E-state index contributed by atoms with van der Waals surface area (Å²) in [5.41, 5.74) is 4.16. The lowest BCUT2D eigenvalue weighted by molar-refractivity contribution is -0.117. The quantitative estimate of drug-likeness (QED) is 0.249. The summed E-state index contributed by atoms with van der Waals surface area (Å²) in [6.07, 6.45) is 1.54. The average Bonchev–Trinajstić information content (AvgIpc) is 3.49. The van der Waals surface area contributed by atoms with Crippen LogP contribution in [0.2, 0.25) is 0 Å². The summed E-state index contributed by atoms with van der Waals surface area (Å²) in [7, 11) is 0. The number of para-hydroxylation sites is 4. The summed E-state index contributed by atoms with van der Waals surface area (Å²) in [4.78, 5) is 20.0. The normalized spacial score (nSPS) is 16.4. The SMILES string of the molecule is CCOc1ccccc1N1C[C@@H](c2nc3ccccc3n2CCOc2ccc([C@@H](C)CC)cc2)CC1=O. The highest BCUT2D eigenvalue weighted by Crippen LogP contribution is 2.37. The molecule has 0 unspecified atom stereocenters. The first-order valence-corrected chi connectivity index (χ1v) is 13.3. The highest BCUT2D eigenvalue weighted by molar-refractivity contribution is 5.97. The van der Waals surface area contributed by atoms with E-state index in [0.29, 0.717) is 38.6 Å². The van der Waals surface area contributed by atoms with Crippen LogP contribution in [0.15, 0.2) is 72.8 Å². The number of carbonyl (C=O) groups is 1. The first kappa shape index (κ1) is 24.9. The van der Waals surface area contributed by atoms with Crippen LogP contribution in [0.25, 0.3) is 11.0 Å². The summed E-state index contributed by atoms with van der Waals surface area (Å²) in [6.45, 7) is 8.71. The van der Waals surface area contributed by atoms with Crippen molar-refractivity contribution in [2.75, 3.05) is 24.7 Å². The van der Waals surface area contributed by atoms with Crippen molar-refractivity contribution in [1.29, 1.82) is 0 Å². The third kappa shape index (κ3) is 5.19. The highest BCUT2D eigenvalue weighted by Gasteiger charge is 2.36. The molecule has 3 aromatic carbocycles. The van der Waals surface area contributed by atoms with Crippen LogP contribution in [-0.2, 0) is 11.3 Å². The van der Waals surface area contributed by atoms with Gasteiger partial charge in [-0.3, -0.25) is 4.79 Å². The molecule has 0 saturated carbocycles. The minimum absolute atomic E-state index is 0.00982. The molecule has 2 heterocycles. The number of imidazole rings is 1. The van der Waals surface area contributed by atoms with E-state index >= 15 is 0 Å². The molecule has 1 aliphatic heterocycles. The third-order valence-corrected chi connectivity index (χ3v) is 7.28. The molecule has 0 radical (unpaired) electrons. The summed E-state index contributed by atoms with van der Waals surface area (Å²) in [5, 5.41) is 0. The second-order valence-electron chi connectivity index (χ2n) is 9.64. The molecule has 0 spiro atoms. The summed E-state index contributed by atoms with van der Waals surface area (Å²) in [6, 6.07) is 24.3. The molecule has 1 amide bonds. The zero-order valence-electron chi connectivity index (χ0n) is 21.9. The van der Waals surface area contributed by atoms with Crippen molar-refractivity contribution in [3.05, 3.63) is 84.2 Å². The maximum atomic E-state index is 13.1. The third-order valence-electron chi connectivity index (χ3n) is 7.28. The number of hydrogen-bond donors (Lipinski definition) is 0. The minimum atomic E-state index is -0.00982. The molecule has 1 saturated heterocycles. The maximum absolute atomic E-state index is 13.1. The van der Waals surface area contributed by atoms with Crippen molar-refractivity contribution in [2.24, 2.45) is 0 Å². The lowest BCUT2D eigenvalue weighted by Crippen LogP contribution is -2.25. The molecule has 37 heavy (non-hydrogen) atoms. The fraction of sp³-hybridized carbons (Fsp3) is 0.355. The first-order chi connectivity index (χ1) is 18.1. The van der Waals surface area contributed by atoms with E-state index in [1.165, 1.54) is 5.56 Å². The van der Waals surface area contributed by atoms with Crippen LogP contribution >= 0.6 is 0 Å². The molecule has 0 aliphatic carbocycles. The zero-order chi connectivity index (χ0) is 25.8. The predicted octanol–water partition coefficient (Wildman–Crippen LogP) is 6.55. The van der Waals surface area contributed by atoms with Gasteiger partial charge in [0.2, 0.25) is 5.91 Å². The van der Waals surface area contributed by atoms with E-state index in [0.717, 1.165) is 40.5 Å². The summed E-state index contributed by atoms with van der Waals surface area (Å²) in [5.74, 6) is 3.16. The van der Waals surface area contributed by atoms with Crippen LogP contribution in [-0.4, -0.2) is 35.2 Å². The standard InChI is InChI=1S/C31H35N3O3/c1-4-22(3)23-14-16-25(17-15-23)37-19-18-33-27-11-7-6-10-26(27)32-31(33)24-20-30(35)34(21-24)28-12-8-9-13-29(28)36-5-2/h6-17,22,24H,4-5,18-21H2,1-3H3/t22-,24-/m0/s1. The Hall–Kier alpha value is -3.80. The highest BCUT2D eigenvalue weighted by atomic mass is 16.5. The Kier molecular flexibility index (Phi) is 7.45. The van der Waals surface area contributed by atoms with Crippen LogP contribution in [0.5, 0.6) is 11.5 Å². The van der Waals surface area contributed by atoms with Crippen LogP contribution in [0.3, 0.4) is 0 Å². The Bertz CT molecular complexity index is 1360. The molecule has 192 valence electrons. The Labute approximate surface area is 218 Å². The van der Waals surface area contributed by atoms with Crippen molar-refractivity contribution in [3.8, 4) is 11.5 Å². The molecule has 5 rings (SSSR count). The van der Waals surface area contributed by atoms with E-state index in [2.05, 4.69) is 48.7 Å². The van der Waals surface area contributed by atoms with E-state index in [1.54, 1.807) is 0 Å². The van der Waals surface area contributed by atoms with Gasteiger partial charge in [-0.2, -0.15) is 0 Å². The predicted molar refractivity (Wildman–Crippen MR) is 148 cm³/mol. The van der Waals surface area contributed by atoms with Crippen LogP contribution < -0.4 is 14.4 Å². The minimum Gasteiger partial charge on any atom is -0.492 e. The van der Waals surface area contributed by atoms with Gasteiger partial charge in [0.15, 0.2) is 0 Å². The molecular formula is C31H35N3O3. The van der Waals surface area contributed by atoms with Gasteiger partial charge in [-0.25, -0.2) is 4.98 Å². The average molecular weight is 498 g/mol. The molecule has 1 fully saturated rings. The summed E-state index contributed by atoms with van der Waals surface area (Å²) < 4.78 is 14.1. The molecular weight excluding hydrogens is 462 g/mol. The number of anilines is 1. The molecule has 2 atom stereocenters. The van der Waals surface area contributed by atoms with Crippen LogP contribution in [0, 0.1) is 0 Å². The van der Waals surface area contributed by atoms with Crippen molar-refractivity contribution in [1.82, 2.24) is 9.55 Å². The van der Waals surface area contributed by atoms with E-state index in [9.17, 15) is 4.79 Å². The zero-order valence-corrected chi connectivity index (χ0v) is 21.9. The van der Waals surface area contributed by atoms with E-state index in [-0.39, 0.29) is 11.8 Å². The van der Waals surface area contributed by atoms with Crippen molar-refractivity contribution in [3.63, 3.8) is 0 Å². The van der Waals surface area contributed by atoms with Crippen LogP contribution in [0.4, 0.5) is 5.69 Å². The van der Waals surface area contributed by atoms with Crippen molar-refractivity contribution in [2.45, 2.75) is 52.0 Å². The Morgan fingerprint density at radius 1 is 0.973 bits per heavy atom. The molecule has 0 bridgehead atoms. The smallest absolute Gasteiger partial charge is 0.227 e. The van der Waals surface area contributed by atoms with Gasteiger partial charge in [0.25, 0.3) is 0 Å². The lowest BCUT2D eigenvalue weighted by atomic mass is 9.99. The van der Waals surface area contributed by atoms with Crippen molar-refractivity contribution >= 4 is 22.6 Å². The van der Waals surface area contributed by atoms with Crippen LogP contribution in [0.1, 0.15) is 56.8 Å². The van der Waals surface area contributed by atoms with E-state index in [1.807, 2.05) is 54.3 Å². The van der Waals surface area contributed by atoms with Gasteiger partial charge in [-0.1, -0.05) is 50.2 Å². The van der Waals surface area contributed by atoms with Gasteiger partial charge < -0.3 is 18.9 Å². The largest absolute Gasteiger partial charge is 0.492 e. The molecule has 4 aromatic rings. The number of rotatable bonds is 10. The Morgan fingerprint density at radius 3 is 2.51 bits per heavy atom. The number of ether oxygens (including phenoxy) is 2. The fourth-order valence-electron chi connectivity index (χ4n) is 5.09. The number of hydrogen-bond acceptors (Lipinski definition) is 4. The van der Waals surface area contributed by atoms with Gasteiger partial charge in [-0.05, 0) is 61.2 Å². The van der Waals surface area contributed by atoms with Gasteiger partial charge in [0, 0.05) is 18.9 Å². The first-order valence-electron chi connectivity index (χ1n) is 13.3. The second-order valence-corrected chi connectivity index (χ2v) is 9.64. The summed E-state index contributed by atoms with van der Waals surface area (Å²) >= 11 is 0. The Balaban J connectivity index is 1.35. The maximum Gasteiger partial charge on any atom is 0.227 e. The van der Waals surface area contributed by atoms with Crippen molar-refractivity contribution < 1.29 is 14.3 Å². The monoisotopic (exact) mass is 497 g/mol. The van der Waals surface area contributed by atoms with E-state index < -0.39 is 0 Å². The van der Waals surface area contributed by atoms with E-state index in [4.69, 9.17) is 14.5 Å². The number of nitrogens with zero attached hydrogens (tertiary/aromatic N) is 3. The lowest BCUT2D eigenvalue weighted by Gasteiger charge is -2.20. The molecule has 1 aliphatic rings. The number of benzene rings is 3. The van der Waals surface area contributed by atoms with Gasteiger partial charge in [0.05, 0.1) is 29.9 Å². The number of carbonyl (C=O) groups excluding carboxylic acids is 1. The Morgan fingerprint density at radius 2 is 1.73 bits per heavy atom. The van der Waals surface area contributed by atoms with Gasteiger partial charge in [-0.15, -0.1) is 0 Å². The number of fused-ring (bicyclic) bond motifs is 1. The molecule has 6 heteroatoms. The molecule has 6 nitrogen and oxygen atoms in total. The number of aromatic nitrogens is 2. The van der Waals surface area contributed by atoms with Gasteiger partial charge >= 0.3 is 0 Å². The number of amides is 1. The topological polar surface area (TPSA) is 56.6 Å². The molecule has 0 N–H and O–H groups in total. The second kappa shape index (κ2) is 11.1. The van der Waals surface area contributed by atoms with Gasteiger partial charge in [0.1, 0.15) is 23.9 Å². The fourth-order valence-corrected chi connectivity index (χ4v) is 5.09.